The first kappa shape index (κ1) is 15.7. The second-order valence-corrected chi connectivity index (χ2v) is 5.22. The zero-order valence-corrected chi connectivity index (χ0v) is 12.3. The number of nitrogens with zero attached hydrogens (tertiary/aromatic N) is 2. The van der Waals surface area contributed by atoms with Crippen LogP contribution in [0.15, 0.2) is 24.3 Å². The van der Waals surface area contributed by atoms with Gasteiger partial charge in [-0.1, -0.05) is 24.3 Å². The van der Waals surface area contributed by atoms with Gasteiger partial charge >= 0.3 is 0 Å². The summed E-state index contributed by atoms with van der Waals surface area (Å²) in [6, 6.07) is 8.07. The number of rotatable bonds is 6. The number of carbonyl (C=O) groups excluding carboxylic acids is 1. The molecule has 1 unspecified atom stereocenters. The fraction of sp³-hybridized carbons (Fsp3) is 0.533. The number of aliphatic hydroxyl groups is 1. The molecule has 0 aliphatic carbocycles. The summed E-state index contributed by atoms with van der Waals surface area (Å²) in [6.45, 7) is 5.22. The fourth-order valence-corrected chi connectivity index (χ4v) is 2.00. The van der Waals surface area contributed by atoms with Crippen molar-refractivity contribution in [3.05, 3.63) is 35.4 Å². The quantitative estimate of drug-likeness (QED) is 0.841. The molecule has 1 amide bonds. The third-order valence-electron chi connectivity index (χ3n) is 3.08. The minimum atomic E-state index is -0.417. The standard InChI is InChI=1S/C15H24N2O2/c1-12-7-5-6-8-14(12)10-17(4)15(19)11-16(3)9-13(2)18/h5-8,13,18H,9-11H2,1-4H3. The molecule has 0 bridgehead atoms. The molecule has 4 nitrogen and oxygen atoms in total. The Kier molecular flexibility index (Phi) is 5.99. The van der Waals surface area contributed by atoms with Crippen molar-refractivity contribution in [2.45, 2.75) is 26.5 Å². The van der Waals surface area contributed by atoms with Crippen molar-refractivity contribution < 1.29 is 9.90 Å². The molecule has 1 rings (SSSR count). The highest BCUT2D eigenvalue weighted by molar-refractivity contribution is 5.78. The van der Waals surface area contributed by atoms with Gasteiger partial charge in [0.25, 0.3) is 0 Å². The van der Waals surface area contributed by atoms with Crippen molar-refractivity contribution in [2.24, 2.45) is 0 Å². The number of benzene rings is 1. The van der Waals surface area contributed by atoms with Crippen LogP contribution in [-0.2, 0) is 11.3 Å². The molecule has 0 radical (unpaired) electrons. The van der Waals surface area contributed by atoms with Crippen molar-refractivity contribution >= 4 is 5.91 Å². The van der Waals surface area contributed by atoms with Gasteiger partial charge in [0.1, 0.15) is 0 Å². The first-order chi connectivity index (χ1) is 8.90. The zero-order chi connectivity index (χ0) is 14.4. The van der Waals surface area contributed by atoms with Gasteiger partial charge in [-0.15, -0.1) is 0 Å². The molecule has 106 valence electrons. The largest absolute Gasteiger partial charge is 0.392 e. The molecule has 0 saturated heterocycles. The summed E-state index contributed by atoms with van der Waals surface area (Å²) < 4.78 is 0. The van der Waals surface area contributed by atoms with Crippen molar-refractivity contribution in [1.29, 1.82) is 0 Å². The highest BCUT2D eigenvalue weighted by Crippen LogP contribution is 2.09. The number of aryl methyl sites for hydroxylation is 1. The van der Waals surface area contributed by atoms with E-state index in [0.29, 0.717) is 19.6 Å². The number of hydrogen-bond acceptors (Lipinski definition) is 3. The second-order valence-electron chi connectivity index (χ2n) is 5.22. The van der Waals surface area contributed by atoms with Crippen molar-refractivity contribution in [3.63, 3.8) is 0 Å². The number of amides is 1. The predicted molar refractivity (Wildman–Crippen MR) is 76.8 cm³/mol. The normalized spacial score (nSPS) is 12.5. The van der Waals surface area contributed by atoms with E-state index < -0.39 is 6.10 Å². The Morgan fingerprint density at radius 1 is 1.32 bits per heavy atom. The maximum absolute atomic E-state index is 12.1. The Balaban J connectivity index is 2.51. The molecule has 1 aromatic rings. The molecule has 0 aliphatic rings. The van der Waals surface area contributed by atoms with Gasteiger partial charge in [-0.2, -0.15) is 0 Å². The molecule has 0 saturated carbocycles. The molecule has 19 heavy (non-hydrogen) atoms. The molecule has 1 aromatic carbocycles. The summed E-state index contributed by atoms with van der Waals surface area (Å²) in [5, 5.41) is 9.28. The minimum absolute atomic E-state index is 0.0615. The third kappa shape index (κ3) is 5.41. The summed E-state index contributed by atoms with van der Waals surface area (Å²) in [7, 11) is 3.65. The molecule has 0 fully saturated rings. The molecular formula is C15H24N2O2. The Bertz CT molecular complexity index is 418. The van der Waals surface area contributed by atoms with E-state index in [9.17, 15) is 9.90 Å². The first-order valence-corrected chi connectivity index (χ1v) is 6.55. The van der Waals surface area contributed by atoms with E-state index in [0.717, 1.165) is 5.56 Å². The van der Waals surface area contributed by atoms with Gasteiger partial charge in [-0.3, -0.25) is 9.69 Å². The molecular weight excluding hydrogens is 240 g/mol. The molecule has 0 aliphatic heterocycles. The lowest BCUT2D eigenvalue weighted by Crippen LogP contribution is -2.38. The molecule has 4 heteroatoms. The van der Waals surface area contributed by atoms with Crippen LogP contribution in [0.4, 0.5) is 0 Å². The highest BCUT2D eigenvalue weighted by Gasteiger charge is 2.13. The predicted octanol–water partition coefficient (Wildman–Crippen LogP) is 1.27. The smallest absolute Gasteiger partial charge is 0.236 e. The SMILES string of the molecule is Cc1ccccc1CN(C)C(=O)CN(C)CC(C)O. The number of likely N-dealkylation sites (N-methyl/N-ethyl adjacent to an activating group) is 2. The third-order valence-corrected chi connectivity index (χ3v) is 3.08. The number of carbonyl (C=O) groups is 1. The van der Waals surface area contributed by atoms with Gasteiger partial charge in [-0.05, 0) is 32.0 Å². The van der Waals surface area contributed by atoms with Gasteiger partial charge in [-0.25, -0.2) is 0 Å². The Labute approximate surface area is 115 Å². The molecule has 0 aromatic heterocycles. The van der Waals surface area contributed by atoms with Crippen LogP contribution in [-0.4, -0.2) is 54.1 Å². The van der Waals surface area contributed by atoms with Crippen molar-refractivity contribution in [1.82, 2.24) is 9.80 Å². The monoisotopic (exact) mass is 264 g/mol. The summed E-state index contributed by atoms with van der Waals surface area (Å²) in [6.07, 6.45) is -0.417. The van der Waals surface area contributed by atoms with Gasteiger partial charge in [0.15, 0.2) is 0 Å². The van der Waals surface area contributed by atoms with Crippen molar-refractivity contribution in [3.8, 4) is 0 Å². The van der Waals surface area contributed by atoms with Gasteiger partial charge in [0.05, 0.1) is 12.6 Å². The molecule has 1 atom stereocenters. The lowest BCUT2D eigenvalue weighted by atomic mass is 10.1. The highest BCUT2D eigenvalue weighted by atomic mass is 16.3. The minimum Gasteiger partial charge on any atom is -0.392 e. The van der Waals surface area contributed by atoms with Crippen LogP contribution in [0.1, 0.15) is 18.1 Å². The summed E-state index contributed by atoms with van der Waals surface area (Å²) in [5.41, 5.74) is 2.36. The van der Waals surface area contributed by atoms with Crippen LogP contribution in [0.25, 0.3) is 0 Å². The number of aliphatic hydroxyl groups excluding tert-OH is 1. The van der Waals surface area contributed by atoms with E-state index in [1.807, 2.05) is 50.2 Å². The zero-order valence-electron chi connectivity index (χ0n) is 12.3. The molecule has 0 heterocycles. The van der Waals surface area contributed by atoms with Crippen LogP contribution in [0.2, 0.25) is 0 Å². The van der Waals surface area contributed by atoms with Crippen LogP contribution in [0.5, 0.6) is 0 Å². The van der Waals surface area contributed by atoms with E-state index in [1.54, 1.807) is 11.8 Å². The van der Waals surface area contributed by atoms with E-state index in [-0.39, 0.29) is 5.91 Å². The summed E-state index contributed by atoms with van der Waals surface area (Å²) >= 11 is 0. The fourth-order valence-electron chi connectivity index (χ4n) is 2.00. The second kappa shape index (κ2) is 7.26. The summed E-state index contributed by atoms with van der Waals surface area (Å²) in [4.78, 5) is 15.6. The van der Waals surface area contributed by atoms with Crippen LogP contribution >= 0.6 is 0 Å². The molecule has 0 spiro atoms. The topological polar surface area (TPSA) is 43.8 Å². The molecule has 1 N–H and O–H groups in total. The van der Waals surface area contributed by atoms with Crippen LogP contribution in [0, 0.1) is 6.92 Å². The van der Waals surface area contributed by atoms with Crippen LogP contribution < -0.4 is 0 Å². The van der Waals surface area contributed by atoms with E-state index in [4.69, 9.17) is 0 Å². The lowest BCUT2D eigenvalue weighted by Gasteiger charge is -2.23. The number of hydrogen-bond donors (Lipinski definition) is 1. The lowest BCUT2D eigenvalue weighted by molar-refractivity contribution is -0.131. The van der Waals surface area contributed by atoms with Crippen LogP contribution in [0.3, 0.4) is 0 Å². The average Bonchev–Trinajstić information content (AvgIpc) is 2.30. The van der Waals surface area contributed by atoms with E-state index in [1.165, 1.54) is 5.56 Å². The van der Waals surface area contributed by atoms with Gasteiger partial charge < -0.3 is 10.0 Å². The van der Waals surface area contributed by atoms with Gasteiger partial charge in [0.2, 0.25) is 5.91 Å². The maximum atomic E-state index is 12.1. The Morgan fingerprint density at radius 2 is 1.95 bits per heavy atom. The summed E-state index contributed by atoms with van der Waals surface area (Å²) in [5.74, 6) is 0.0615. The van der Waals surface area contributed by atoms with E-state index in [2.05, 4.69) is 0 Å². The Hall–Kier alpha value is -1.39. The maximum Gasteiger partial charge on any atom is 0.236 e. The van der Waals surface area contributed by atoms with E-state index >= 15 is 0 Å². The average molecular weight is 264 g/mol. The first-order valence-electron chi connectivity index (χ1n) is 6.55. The Morgan fingerprint density at radius 3 is 2.53 bits per heavy atom. The van der Waals surface area contributed by atoms with Crippen molar-refractivity contribution in [2.75, 3.05) is 27.2 Å². The van der Waals surface area contributed by atoms with Gasteiger partial charge in [0, 0.05) is 20.1 Å².